The van der Waals surface area contributed by atoms with Crippen molar-refractivity contribution in [3.05, 3.63) is 23.8 Å². The fourth-order valence-electron chi connectivity index (χ4n) is 0.316. The summed E-state index contributed by atoms with van der Waals surface area (Å²) >= 11 is 1.56. The van der Waals surface area contributed by atoms with Crippen molar-refractivity contribution in [3.63, 3.8) is 0 Å². The van der Waals surface area contributed by atoms with Gasteiger partial charge in [0.15, 0.2) is 5.09 Å². The largest absolute Gasteiger partial charge is 0.491 e. The number of ether oxygens (including phenoxy) is 1. The van der Waals surface area contributed by atoms with Crippen LogP contribution in [0, 0.1) is 0 Å². The van der Waals surface area contributed by atoms with Crippen molar-refractivity contribution in [1.82, 2.24) is 0 Å². The average molecular weight is 130 g/mol. The Morgan fingerprint density at radius 3 is 2.50 bits per heavy atom. The van der Waals surface area contributed by atoms with Crippen molar-refractivity contribution in [2.75, 3.05) is 13.4 Å². The van der Waals surface area contributed by atoms with Crippen LogP contribution >= 0.6 is 11.8 Å². The summed E-state index contributed by atoms with van der Waals surface area (Å²) in [6.07, 6.45) is 5.48. The summed E-state index contributed by atoms with van der Waals surface area (Å²) in [6.45, 7) is 3.53. The molecule has 0 atom stereocenters. The van der Waals surface area contributed by atoms with Gasteiger partial charge in [-0.1, -0.05) is 24.4 Å². The van der Waals surface area contributed by atoms with Gasteiger partial charge < -0.3 is 4.74 Å². The molecule has 46 valence electrons. The molecule has 0 spiro atoms. The third-order valence-corrected chi connectivity index (χ3v) is 1.36. The summed E-state index contributed by atoms with van der Waals surface area (Å²) in [5.74, 6) is 0. The van der Waals surface area contributed by atoms with Gasteiger partial charge >= 0.3 is 0 Å². The van der Waals surface area contributed by atoms with Crippen LogP contribution in [0.3, 0.4) is 0 Å². The van der Waals surface area contributed by atoms with E-state index >= 15 is 0 Å². The molecule has 0 amide bonds. The maximum Gasteiger partial charge on any atom is 0.152 e. The standard InChI is InChI=1S/C6H10OS/c1-4-5-6(7-2)8-3/h4-5H,1H2,2-3H3/b6-5-. The molecule has 0 saturated carbocycles. The Hall–Kier alpha value is -0.370. The lowest BCUT2D eigenvalue weighted by Gasteiger charge is -1.97. The monoisotopic (exact) mass is 130 g/mol. The minimum absolute atomic E-state index is 0.889. The van der Waals surface area contributed by atoms with Gasteiger partial charge in [-0.05, 0) is 12.3 Å². The molecular formula is C6H10OS. The van der Waals surface area contributed by atoms with Crippen LogP contribution in [0.25, 0.3) is 0 Å². The van der Waals surface area contributed by atoms with E-state index in [0.717, 1.165) is 5.09 Å². The summed E-state index contributed by atoms with van der Waals surface area (Å²) in [5, 5.41) is 0.889. The van der Waals surface area contributed by atoms with E-state index in [1.165, 1.54) is 0 Å². The second-order valence-electron chi connectivity index (χ2n) is 1.13. The van der Waals surface area contributed by atoms with E-state index < -0.39 is 0 Å². The van der Waals surface area contributed by atoms with Crippen molar-refractivity contribution in [2.45, 2.75) is 0 Å². The normalized spacial score (nSPS) is 11.0. The lowest BCUT2D eigenvalue weighted by Crippen LogP contribution is -1.75. The fourth-order valence-corrected chi connectivity index (χ4v) is 0.715. The van der Waals surface area contributed by atoms with Crippen molar-refractivity contribution in [2.24, 2.45) is 0 Å². The van der Waals surface area contributed by atoms with E-state index in [4.69, 9.17) is 4.74 Å². The van der Waals surface area contributed by atoms with E-state index in [-0.39, 0.29) is 0 Å². The van der Waals surface area contributed by atoms with Crippen molar-refractivity contribution in [3.8, 4) is 0 Å². The molecule has 0 aromatic carbocycles. The maximum atomic E-state index is 4.89. The van der Waals surface area contributed by atoms with Crippen LogP contribution in [0.4, 0.5) is 0 Å². The highest BCUT2D eigenvalue weighted by molar-refractivity contribution is 8.02. The van der Waals surface area contributed by atoms with E-state index in [1.807, 2.05) is 12.3 Å². The molecule has 0 saturated heterocycles. The van der Waals surface area contributed by atoms with Crippen molar-refractivity contribution in [1.29, 1.82) is 0 Å². The van der Waals surface area contributed by atoms with Gasteiger partial charge in [0.1, 0.15) is 0 Å². The Morgan fingerprint density at radius 2 is 2.38 bits per heavy atom. The molecular weight excluding hydrogens is 120 g/mol. The lowest BCUT2D eigenvalue weighted by molar-refractivity contribution is 0.325. The van der Waals surface area contributed by atoms with E-state index in [0.29, 0.717) is 0 Å². The highest BCUT2D eigenvalue weighted by atomic mass is 32.2. The van der Waals surface area contributed by atoms with Gasteiger partial charge in [-0.25, -0.2) is 0 Å². The van der Waals surface area contributed by atoms with Gasteiger partial charge in [-0.2, -0.15) is 0 Å². The van der Waals surface area contributed by atoms with Crippen molar-refractivity contribution < 1.29 is 4.74 Å². The summed E-state index contributed by atoms with van der Waals surface area (Å²) in [7, 11) is 1.64. The molecule has 0 unspecified atom stereocenters. The molecule has 1 nitrogen and oxygen atoms in total. The Kier molecular flexibility index (Phi) is 4.56. The van der Waals surface area contributed by atoms with Gasteiger partial charge in [0.2, 0.25) is 0 Å². The third kappa shape index (κ3) is 2.75. The molecule has 0 bridgehead atoms. The molecule has 8 heavy (non-hydrogen) atoms. The summed E-state index contributed by atoms with van der Waals surface area (Å²) in [5.41, 5.74) is 0. The Labute approximate surface area is 54.4 Å². The number of hydrogen-bond donors (Lipinski definition) is 0. The quantitative estimate of drug-likeness (QED) is 0.427. The molecule has 0 fully saturated rings. The van der Waals surface area contributed by atoms with Crippen LogP contribution in [0.15, 0.2) is 23.8 Å². The first-order valence-electron chi connectivity index (χ1n) is 2.26. The zero-order valence-electron chi connectivity index (χ0n) is 5.18. The van der Waals surface area contributed by atoms with Crippen LogP contribution in [0.2, 0.25) is 0 Å². The fraction of sp³-hybridized carbons (Fsp3) is 0.333. The van der Waals surface area contributed by atoms with E-state index in [9.17, 15) is 0 Å². The van der Waals surface area contributed by atoms with Gasteiger partial charge in [0, 0.05) is 0 Å². The second-order valence-corrected chi connectivity index (χ2v) is 1.94. The molecule has 0 aromatic rings. The molecule has 0 aromatic heterocycles. The van der Waals surface area contributed by atoms with Gasteiger partial charge in [-0.15, -0.1) is 0 Å². The predicted octanol–water partition coefficient (Wildman–Crippen LogP) is 2.02. The van der Waals surface area contributed by atoms with Crippen LogP contribution in [0.5, 0.6) is 0 Å². The smallest absolute Gasteiger partial charge is 0.152 e. The van der Waals surface area contributed by atoms with Crippen LogP contribution < -0.4 is 0 Å². The molecule has 0 heterocycles. The van der Waals surface area contributed by atoms with Gasteiger partial charge in [0.05, 0.1) is 7.11 Å². The Morgan fingerprint density at radius 1 is 1.75 bits per heavy atom. The number of methoxy groups -OCH3 is 1. The Bertz CT molecular complexity index is 90.7. The first-order valence-corrected chi connectivity index (χ1v) is 3.48. The predicted molar refractivity (Wildman–Crippen MR) is 38.8 cm³/mol. The molecule has 0 rings (SSSR count). The second kappa shape index (κ2) is 4.78. The molecule has 2 heteroatoms. The first kappa shape index (κ1) is 7.63. The van der Waals surface area contributed by atoms with Crippen LogP contribution in [-0.4, -0.2) is 13.4 Å². The Balaban J connectivity index is 3.66. The summed E-state index contributed by atoms with van der Waals surface area (Å²) in [6, 6.07) is 0. The highest BCUT2D eigenvalue weighted by Crippen LogP contribution is 2.10. The minimum atomic E-state index is 0.889. The van der Waals surface area contributed by atoms with Crippen LogP contribution in [0.1, 0.15) is 0 Å². The summed E-state index contributed by atoms with van der Waals surface area (Å²) in [4.78, 5) is 0. The average Bonchev–Trinajstić information content (AvgIpc) is 1.83. The minimum Gasteiger partial charge on any atom is -0.491 e. The zero-order chi connectivity index (χ0) is 6.41. The lowest BCUT2D eigenvalue weighted by atomic mass is 10.6. The summed E-state index contributed by atoms with van der Waals surface area (Å²) < 4.78 is 4.89. The van der Waals surface area contributed by atoms with Gasteiger partial charge in [-0.3, -0.25) is 0 Å². The molecule has 0 aliphatic rings. The number of thioether (sulfide) groups is 1. The van der Waals surface area contributed by atoms with Gasteiger partial charge in [0.25, 0.3) is 0 Å². The first-order chi connectivity index (χ1) is 3.85. The van der Waals surface area contributed by atoms with Crippen LogP contribution in [-0.2, 0) is 4.74 Å². The molecule has 0 aliphatic carbocycles. The molecule has 0 aliphatic heterocycles. The number of allylic oxidation sites excluding steroid dienone is 2. The third-order valence-electron chi connectivity index (χ3n) is 0.656. The SMILES string of the molecule is C=C/C=C(/OC)SC. The highest BCUT2D eigenvalue weighted by Gasteiger charge is 1.84. The maximum absolute atomic E-state index is 4.89. The number of rotatable bonds is 3. The topological polar surface area (TPSA) is 9.23 Å². The molecule has 0 radical (unpaired) electrons. The number of hydrogen-bond acceptors (Lipinski definition) is 2. The van der Waals surface area contributed by atoms with E-state index in [2.05, 4.69) is 6.58 Å². The zero-order valence-corrected chi connectivity index (χ0v) is 5.99. The van der Waals surface area contributed by atoms with E-state index in [1.54, 1.807) is 24.9 Å². The molecule has 0 N–H and O–H groups in total. The van der Waals surface area contributed by atoms with Crippen molar-refractivity contribution >= 4 is 11.8 Å².